The molecule has 3 heteroatoms. The fraction of sp³-hybridized carbons (Fsp3) is 0.364. The number of amides is 1. The van der Waals surface area contributed by atoms with Crippen LogP contribution >= 0.6 is 15.9 Å². The predicted molar refractivity (Wildman–Crippen MR) is 60.4 cm³/mol. The average Bonchev–Trinajstić information content (AvgIpc) is 2.41. The lowest BCUT2D eigenvalue weighted by Gasteiger charge is -2.19. The zero-order valence-electron chi connectivity index (χ0n) is 8.23. The van der Waals surface area contributed by atoms with Crippen molar-refractivity contribution in [3.05, 3.63) is 28.2 Å². The van der Waals surface area contributed by atoms with Crippen molar-refractivity contribution in [2.24, 2.45) is 0 Å². The Kier molecular flexibility index (Phi) is 2.14. The Hall–Kier alpha value is -0.830. The molecule has 1 aliphatic rings. The van der Waals surface area contributed by atoms with Gasteiger partial charge in [0, 0.05) is 10.2 Å². The van der Waals surface area contributed by atoms with Crippen LogP contribution in [0.15, 0.2) is 22.7 Å². The molecule has 0 aliphatic carbocycles. The molecule has 74 valence electrons. The minimum atomic E-state index is -0.362. The second kappa shape index (κ2) is 3.09. The van der Waals surface area contributed by atoms with Crippen molar-refractivity contribution in [1.29, 1.82) is 0 Å². The second-order valence-electron chi connectivity index (χ2n) is 3.83. The summed E-state index contributed by atoms with van der Waals surface area (Å²) in [6.45, 7) is 4.02. The maximum atomic E-state index is 11.8. The Morgan fingerprint density at radius 3 is 2.86 bits per heavy atom. The Morgan fingerprint density at radius 1 is 1.50 bits per heavy atom. The van der Waals surface area contributed by atoms with E-state index in [0.717, 1.165) is 22.1 Å². The van der Waals surface area contributed by atoms with Crippen molar-refractivity contribution in [1.82, 2.24) is 0 Å². The lowest BCUT2D eigenvalue weighted by molar-refractivity contribution is -0.120. The molecule has 1 aromatic carbocycles. The van der Waals surface area contributed by atoms with Gasteiger partial charge in [-0.3, -0.25) is 4.79 Å². The van der Waals surface area contributed by atoms with Gasteiger partial charge in [0.05, 0.1) is 5.41 Å². The van der Waals surface area contributed by atoms with Gasteiger partial charge in [-0.15, -0.1) is 0 Å². The molecule has 2 nitrogen and oxygen atoms in total. The molecule has 1 aromatic rings. The first-order valence-electron chi connectivity index (χ1n) is 4.69. The van der Waals surface area contributed by atoms with Crippen LogP contribution in [0.4, 0.5) is 5.69 Å². The molecule has 0 spiro atoms. The number of hydrogen-bond acceptors (Lipinski definition) is 1. The SMILES string of the molecule is CCC1(C)C(=O)Nc2ccc(Br)cc21. The molecule has 0 fully saturated rings. The van der Waals surface area contributed by atoms with E-state index < -0.39 is 0 Å². The Balaban J connectivity index is 2.61. The van der Waals surface area contributed by atoms with E-state index in [1.54, 1.807) is 0 Å². The normalized spacial score (nSPS) is 24.6. The van der Waals surface area contributed by atoms with Gasteiger partial charge in [-0.05, 0) is 37.1 Å². The van der Waals surface area contributed by atoms with Crippen molar-refractivity contribution in [2.45, 2.75) is 25.7 Å². The minimum Gasteiger partial charge on any atom is -0.325 e. The first-order valence-corrected chi connectivity index (χ1v) is 5.48. The summed E-state index contributed by atoms with van der Waals surface area (Å²) in [6, 6.07) is 5.91. The molecular weight excluding hydrogens is 242 g/mol. The number of rotatable bonds is 1. The third-order valence-corrected chi connectivity index (χ3v) is 3.53. The van der Waals surface area contributed by atoms with Gasteiger partial charge in [-0.25, -0.2) is 0 Å². The minimum absolute atomic E-state index is 0.105. The number of hydrogen-bond donors (Lipinski definition) is 1. The van der Waals surface area contributed by atoms with Gasteiger partial charge in [0.2, 0.25) is 5.91 Å². The molecule has 0 bridgehead atoms. The third-order valence-electron chi connectivity index (χ3n) is 3.03. The predicted octanol–water partition coefficient (Wildman–Crippen LogP) is 3.07. The van der Waals surface area contributed by atoms with Gasteiger partial charge >= 0.3 is 0 Å². The van der Waals surface area contributed by atoms with Gasteiger partial charge < -0.3 is 5.32 Å². The van der Waals surface area contributed by atoms with E-state index in [1.807, 2.05) is 32.0 Å². The average molecular weight is 254 g/mol. The van der Waals surface area contributed by atoms with Crippen LogP contribution in [-0.4, -0.2) is 5.91 Å². The Labute approximate surface area is 91.8 Å². The van der Waals surface area contributed by atoms with Crippen LogP contribution in [-0.2, 0) is 10.2 Å². The molecule has 2 rings (SSSR count). The largest absolute Gasteiger partial charge is 0.325 e. The maximum absolute atomic E-state index is 11.8. The number of benzene rings is 1. The molecule has 1 aliphatic heterocycles. The number of nitrogens with one attached hydrogen (secondary N) is 1. The van der Waals surface area contributed by atoms with Crippen LogP contribution in [0.3, 0.4) is 0 Å². The smallest absolute Gasteiger partial charge is 0.234 e. The van der Waals surface area contributed by atoms with Crippen molar-refractivity contribution in [3.63, 3.8) is 0 Å². The highest BCUT2D eigenvalue weighted by Crippen LogP contribution is 2.40. The van der Waals surface area contributed by atoms with E-state index in [4.69, 9.17) is 0 Å². The zero-order valence-corrected chi connectivity index (χ0v) is 9.81. The molecule has 0 saturated heterocycles. The summed E-state index contributed by atoms with van der Waals surface area (Å²) in [6.07, 6.45) is 0.822. The first-order chi connectivity index (χ1) is 6.58. The number of fused-ring (bicyclic) bond motifs is 1. The van der Waals surface area contributed by atoms with E-state index in [-0.39, 0.29) is 11.3 Å². The highest BCUT2D eigenvalue weighted by Gasteiger charge is 2.40. The van der Waals surface area contributed by atoms with Crippen molar-refractivity contribution >= 4 is 27.5 Å². The highest BCUT2D eigenvalue weighted by molar-refractivity contribution is 9.10. The molecule has 1 unspecified atom stereocenters. The number of carbonyl (C=O) groups excluding carboxylic acids is 1. The summed E-state index contributed by atoms with van der Waals surface area (Å²) in [7, 11) is 0. The molecule has 0 saturated carbocycles. The summed E-state index contributed by atoms with van der Waals surface area (Å²) >= 11 is 3.43. The van der Waals surface area contributed by atoms with Crippen molar-refractivity contribution in [3.8, 4) is 0 Å². The first kappa shape index (κ1) is 9.71. The Bertz CT molecular complexity index is 402. The van der Waals surface area contributed by atoms with E-state index in [1.165, 1.54) is 0 Å². The van der Waals surface area contributed by atoms with Gasteiger partial charge in [-0.1, -0.05) is 22.9 Å². The summed E-state index contributed by atoms with van der Waals surface area (Å²) in [5.41, 5.74) is 1.68. The fourth-order valence-corrected chi connectivity index (χ4v) is 2.18. The summed E-state index contributed by atoms with van der Waals surface area (Å²) in [5.74, 6) is 0.105. The van der Waals surface area contributed by atoms with E-state index in [9.17, 15) is 4.79 Å². The Morgan fingerprint density at radius 2 is 2.21 bits per heavy atom. The highest BCUT2D eigenvalue weighted by atomic mass is 79.9. The number of anilines is 1. The lowest BCUT2D eigenvalue weighted by Crippen LogP contribution is -2.29. The van der Waals surface area contributed by atoms with Crippen LogP contribution in [0, 0.1) is 0 Å². The fourth-order valence-electron chi connectivity index (χ4n) is 1.82. The third kappa shape index (κ3) is 1.19. The van der Waals surface area contributed by atoms with Crippen LogP contribution in [0.5, 0.6) is 0 Å². The molecule has 0 aromatic heterocycles. The quantitative estimate of drug-likeness (QED) is 0.819. The topological polar surface area (TPSA) is 29.1 Å². The standard InChI is InChI=1S/C11H12BrNO/c1-3-11(2)8-6-7(12)4-5-9(8)13-10(11)14/h4-6H,3H2,1-2H3,(H,13,14). The van der Waals surface area contributed by atoms with Gasteiger partial charge in [0.15, 0.2) is 0 Å². The summed E-state index contributed by atoms with van der Waals surface area (Å²) in [5, 5.41) is 2.91. The van der Waals surface area contributed by atoms with Crippen molar-refractivity contribution in [2.75, 3.05) is 5.32 Å². The van der Waals surface area contributed by atoms with Crippen LogP contribution in [0.2, 0.25) is 0 Å². The van der Waals surface area contributed by atoms with Crippen LogP contribution in [0.25, 0.3) is 0 Å². The van der Waals surface area contributed by atoms with Gasteiger partial charge in [0.1, 0.15) is 0 Å². The summed E-state index contributed by atoms with van der Waals surface area (Å²) < 4.78 is 1.02. The molecule has 1 heterocycles. The van der Waals surface area contributed by atoms with E-state index >= 15 is 0 Å². The molecule has 1 atom stereocenters. The van der Waals surface area contributed by atoms with Crippen LogP contribution < -0.4 is 5.32 Å². The molecule has 0 radical (unpaired) electrons. The molecule has 14 heavy (non-hydrogen) atoms. The van der Waals surface area contributed by atoms with Gasteiger partial charge in [0.25, 0.3) is 0 Å². The number of carbonyl (C=O) groups is 1. The van der Waals surface area contributed by atoms with E-state index in [2.05, 4.69) is 21.2 Å². The molecular formula is C11H12BrNO. The monoisotopic (exact) mass is 253 g/mol. The van der Waals surface area contributed by atoms with Crippen molar-refractivity contribution < 1.29 is 4.79 Å². The zero-order chi connectivity index (χ0) is 10.3. The van der Waals surface area contributed by atoms with E-state index in [0.29, 0.717) is 0 Å². The summed E-state index contributed by atoms with van der Waals surface area (Å²) in [4.78, 5) is 11.8. The number of halogens is 1. The lowest BCUT2D eigenvalue weighted by atomic mass is 9.81. The maximum Gasteiger partial charge on any atom is 0.234 e. The second-order valence-corrected chi connectivity index (χ2v) is 4.75. The molecule has 1 amide bonds. The van der Waals surface area contributed by atoms with Crippen LogP contribution in [0.1, 0.15) is 25.8 Å². The molecule has 1 N–H and O–H groups in total. The van der Waals surface area contributed by atoms with Gasteiger partial charge in [-0.2, -0.15) is 0 Å².